The Bertz CT molecular complexity index is 1080. The molecule has 1 aliphatic rings. The summed E-state index contributed by atoms with van der Waals surface area (Å²) in [4.78, 5) is 41.0. The number of hydrogen-bond acceptors (Lipinski definition) is 5. The van der Waals surface area contributed by atoms with E-state index in [9.17, 15) is 27.6 Å². The van der Waals surface area contributed by atoms with E-state index in [-0.39, 0.29) is 16.1 Å². The van der Waals surface area contributed by atoms with Crippen molar-refractivity contribution < 1.29 is 27.6 Å². The number of nitrogens with two attached hydrogens (primary N) is 1. The van der Waals surface area contributed by atoms with E-state index < -0.39 is 48.1 Å². The number of nitrogens with zero attached hydrogens (tertiary/aromatic N) is 1. The largest absolute Gasteiger partial charge is 0.367 e. The van der Waals surface area contributed by atoms with Crippen molar-refractivity contribution >= 4 is 41.3 Å². The predicted molar refractivity (Wildman–Crippen MR) is 111 cm³/mol. The van der Waals surface area contributed by atoms with Crippen molar-refractivity contribution in [3.05, 3.63) is 64.4 Å². The number of halogens is 4. The Morgan fingerprint density at radius 3 is 2.47 bits per heavy atom. The number of anilines is 1. The SMILES string of the molecule is NC(=O)C1(c2ccc(NC(=O)c3ccc(F)cc3Cl)cc2)NC=NC1C(=O)NCC(F)F. The van der Waals surface area contributed by atoms with Gasteiger partial charge in [-0.2, -0.15) is 0 Å². The lowest BCUT2D eigenvalue weighted by atomic mass is 9.82. The van der Waals surface area contributed by atoms with Gasteiger partial charge >= 0.3 is 0 Å². The van der Waals surface area contributed by atoms with Crippen molar-refractivity contribution in [2.45, 2.75) is 18.0 Å². The highest BCUT2D eigenvalue weighted by molar-refractivity contribution is 6.34. The Balaban J connectivity index is 1.82. The van der Waals surface area contributed by atoms with Crippen LogP contribution in [0.3, 0.4) is 0 Å². The van der Waals surface area contributed by atoms with Gasteiger partial charge in [0.15, 0.2) is 11.6 Å². The van der Waals surface area contributed by atoms with Gasteiger partial charge in [0.05, 0.1) is 23.5 Å². The molecule has 2 unspecified atom stereocenters. The highest BCUT2D eigenvalue weighted by atomic mass is 35.5. The second-order valence-corrected chi connectivity index (χ2v) is 7.20. The molecule has 3 rings (SSSR count). The summed E-state index contributed by atoms with van der Waals surface area (Å²) in [7, 11) is 0. The Morgan fingerprint density at radius 2 is 1.88 bits per heavy atom. The molecule has 2 aromatic rings. The molecular weight excluding hydrogens is 451 g/mol. The Morgan fingerprint density at radius 1 is 1.19 bits per heavy atom. The van der Waals surface area contributed by atoms with Crippen LogP contribution >= 0.6 is 11.6 Å². The molecule has 1 heterocycles. The molecule has 0 aliphatic carbocycles. The van der Waals surface area contributed by atoms with Crippen LogP contribution in [0.5, 0.6) is 0 Å². The third-order valence-corrected chi connectivity index (χ3v) is 5.08. The molecule has 3 amide bonds. The molecule has 5 N–H and O–H groups in total. The van der Waals surface area contributed by atoms with Gasteiger partial charge < -0.3 is 21.7 Å². The first kappa shape index (κ1) is 23.1. The van der Waals surface area contributed by atoms with Crippen LogP contribution in [0.1, 0.15) is 15.9 Å². The molecule has 0 saturated heterocycles. The summed E-state index contributed by atoms with van der Waals surface area (Å²) in [5.41, 5.74) is 4.31. The first-order valence-corrected chi connectivity index (χ1v) is 9.55. The molecule has 2 atom stereocenters. The lowest BCUT2D eigenvalue weighted by molar-refractivity contribution is -0.132. The average Bonchev–Trinajstić information content (AvgIpc) is 3.19. The Kier molecular flexibility index (Phi) is 6.68. The zero-order chi connectivity index (χ0) is 23.5. The molecule has 12 heteroatoms. The van der Waals surface area contributed by atoms with E-state index in [4.69, 9.17) is 17.3 Å². The van der Waals surface area contributed by atoms with E-state index >= 15 is 0 Å². The van der Waals surface area contributed by atoms with E-state index in [2.05, 4.69) is 15.6 Å². The normalized spacial score (nSPS) is 19.5. The number of alkyl halides is 2. The van der Waals surface area contributed by atoms with E-state index in [1.165, 1.54) is 30.3 Å². The van der Waals surface area contributed by atoms with Crippen LogP contribution in [0.15, 0.2) is 47.5 Å². The van der Waals surface area contributed by atoms with Crippen LogP contribution in [0.4, 0.5) is 18.9 Å². The van der Waals surface area contributed by atoms with Gasteiger partial charge in [0, 0.05) is 5.69 Å². The smallest absolute Gasteiger partial charge is 0.257 e. The first-order chi connectivity index (χ1) is 15.1. The molecular formula is C20H17ClF3N5O3. The van der Waals surface area contributed by atoms with E-state index in [0.29, 0.717) is 5.69 Å². The molecule has 0 bridgehead atoms. The number of carbonyl (C=O) groups excluding carboxylic acids is 3. The van der Waals surface area contributed by atoms with E-state index in [1.54, 1.807) is 0 Å². The van der Waals surface area contributed by atoms with Gasteiger partial charge in [-0.05, 0) is 35.9 Å². The monoisotopic (exact) mass is 467 g/mol. The third-order valence-electron chi connectivity index (χ3n) is 4.77. The lowest BCUT2D eigenvalue weighted by Gasteiger charge is -2.31. The zero-order valence-electron chi connectivity index (χ0n) is 16.2. The van der Waals surface area contributed by atoms with Gasteiger partial charge in [-0.25, -0.2) is 13.2 Å². The Hall–Kier alpha value is -3.60. The summed E-state index contributed by atoms with van der Waals surface area (Å²) >= 11 is 5.89. The summed E-state index contributed by atoms with van der Waals surface area (Å²) in [6, 6.07) is 7.60. The fourth-order valence-electron chi connectivity index (χ4n) is 3.22. The van der Waals surface area contributed by atoms with Crippen LogP contribution < -0.4 is 21.7 Å². The van der Waals surface area contributed by atoms with Crippen LogP contribution in [-0.2, 0) is 15.1 Å². The predicted octanol–water partition coefficient (Wildman–Crippen LogP) is 1.79. The number of rotatable bonds is 7. The van der Waals surface area contributed by atoms with Gasteiger partial charge in [-0.15, -0.1) is 0 Å². The number of benzene rings is 2. The first-order valence-electron chi connectivity index (χ1n) is 9.17. The fourth-order valence-corrected chi connectivity index (χ4v) is 3.47. The van der Waals surface area contributed by atoms with Gasteiger partial charge in [0.25, 0.3) is 18.2 Å². The van der Waals surface area contributed by atoms with E-state index in [0.717, 1.165) is 18.5 Å². The highest BCUT2D eigenvalue weighted by Gasteiger charge is 2.52. The number of primary amides is 1. The summed E-state index contributed by atoms with van der Waals surface area (Å²) in [6.45, 7) is -0.906. The second kappa shape index (κ2) is 9.27. The summed E-state index contributed by atoms with van der Waals surface area (Å²) < 4.78 is 38.1. The molecule has 1 aliphatic heterocycles. The molecule has 168 valence electrons. The standard InChI is InChI=1S/C20H17ClF3N5O3/c21-14-7-11(22)3-6-13(14)17(30)29-12-4-1-10(2-5-12)20(19(25)32)16(27-9-28-20)18(31)26-8-15(23)24/h1-7,9,15-16H,8H2,(H2,25,32)(H,26,31)(H,27,28)(H,29,30). The number of amides is 3. The summed E-state index contributed by atoms with van der Waals surface area (Å²) in [5, 5.41) is 7.17. The van der Waals surface area contributed by atoms with Gasteiger partial charge in [-0.3, -0.25) is 19.4 Å². The maximum absolute atomic E-state index is 13.2. The van der Waals surface area contributed by atoms with Crippen molar-refractivity contribution in [1.29, 1.82) is 0 Å². The Labute approximate surface area is 185 Å². The topological polar surface area (TPSA) is 126 Å². The van der Waals surface area contributed by atoms with Crippen LogP contribution in [0.2, 0.25) is 5.02 Å². The minimum absolute atomic E-state index is 0.0485. The molecule has 32 heavy (non-hydrogen) atoms. The van der Waals surface area contributed by atoms with Crippen molar-refractivity contribution in [2.24, 2.45) is 10.7 Å². The van der Waals surface area contributed by atoms with Crippen LogP contribution in [-0.4, -0.2) is 43.1 Å². The molecule has 2 aromatic carbocycles. The van der Waals surface area contributed by atoms with Crippen LogP contribution in [0.25, 0.3) is 0 Å². The average molecular weight is 468 g/mol. The minimum atomic E-state index is -2.78. The molecule has 0 saturated carbocycles. The quantitative estimate of drug-likeness (QED) is 0.495. The molecule has 0 fully saturated rings. The maximum Gasteiger partial charge on any atom is 0.257 e. The highest BCUT2D eigenvalue weighted by Crippen LogP contribution is 2.31. The van der Waals surface area contributed by atoms with Gasteiger partial charge in [-0.1, -0.05) is 23.7 Å². The second-order valence-electron chi connectivity index (χ2n) is 6.79. The zero-order valence-corrected chi connectivity index (χ0v) is 17.0. The van der Waals surface area contributed by atoms with Crippen molar-refractivity contribution in [1.82, 2.24) is 10.6 Å². The van der Waals surface area contributed by atoms with Gasteiger partial charge in [0.2, 0.25) is 5.91 Å². The third kappa shape index (κ3) is 4.52. The van der Waals surface area contributed by atoms with Crippen molar-refractivity contribution in [2.75, 3.05) is 11.9 Å². The minimum Gasteiger partial charge on any atom is -0.367 e. The number of nitrogens with one attached hydrogen (secondary N) is 3. The molecule has 0 spiro atoms. The summed E-state index contributed by atoms with van der Waals surface area (Å²) in [6.07, 6.45) is -1.68. The van der Waals surface area contributed by atoms with Crippen LogP contribution in [0, 0.1) is 5.82 Å². The van der Waals surface area contributed by atoms with Crippen molar-refractivity contribution in [3.63, 3.8) is 0 Å². The van der Waals surface area contributed by atoms with E-state index in [1.807, 2.05) is 5.32 Å². The number of carbonyl (C=O) groups is 3. The maximum atomic E-state index is 13.2. The fraction of sp³-hybridized carbons (Fsp3) is 0.200. The van der Waals surface area contributed by atoms with Crippen molar-refractivity contribution in [3.8, 4) is 0 Å². The molecule has 0 radical (unpaired) electrons. The molecule has 0 aromatic heterocycles. The van der Waals surface area contributed by atoms with Gasteiger partial charge in [0.1, 0.15) is 5.82 Å². The molecule has 8 nitrogen and oxygen atoms in total. The number of aliphatic imine (C=N–C) groups is 1. The number of hydrogen-bond donors (Lipinski definition) is 4. The summed E-state index contributed by atoms with van der Waals surface area (Å²) in [5.74, 6) is -3.05. The lowest BCUT2D eigenvalue weighted by Crippen LogP contribution is -2.60.